The number of hydrogen-bond acceptors (Lipinski definition) is 10. The SMILES string of the molecule is CC(C)CCC(=O)Oc1cccc(OC(C)(C)C)c1OC(=O)CCC(C)C.CC(C)CCC(=O)Oc1cccc(OCC(C)C)c1OC(=O)CCC(C)C. The van der Waals surface area contributed by atoms with Gasteiger partial charge in [-0.1, -0.05) is 81.4 Å². The van der Waals surface area contributed by atoms with Crippen molar-refractivity contribution in [2.45, 2.75) is 147 Å². The first-order valence-corrected chi connectivity index (χ1v) is 19.6. The Labute approximate surface area is 324 Å². The van der Waals surface area contributed by atoms with Gasteiger partial charge in [-0.2, -0.15) is 0 Å². The summed E-state index contributed by atoms with van der Waals surface area (Å²) in [5.41, 5.74) is -0.487. The zero-order valence-electron chi connectivity index (χ0n) is 35.3. The Morgan fingerprint density at radius 1 is 0.463 bits per heavy atom. The Hall–Kier alpha value is -4.08. The fourth-order valence-electron chi connectivity index (χ4n) is 4.44. The molecule has 0 aliphatic carbocycles. The monoisotopic (exact) mass is 756 g/mol. The van der Waals surface area contributed by atoms with Gasteiger partial charge in [-0.25, -0.2) is 0 Å². The predicted octanol–water partition coefficient (Wildman–Crippen LogP) is 11.0. The number of ether oxygens (including phenoxy) is 6. The van der Waals surface area contributed by atoms with Gasteiger partial charge in [-0.3, -0.25) is 19.2 Å². The number of benzene rings is 2. The van der Waals surface area contributed by atoms with E-state index in [0.717, 1.165) is 25.7 Å². The van der Waals surface area contributed by atoms with Crippen molar-refractivity contribution in [2.75, 3.05) is 6.61 Å². The summed E-state index contributed by atoms with van der Waals surface area (Å²) in [4.78, 5) is 48.8. The van der Waals surface area contributed by atoms with Crippen molar-refractivity contribution in [1.29, 1.82) is 0 Å². The molecule has 0 amide bonds. The van der Waals surface area contributed by atoms with Crippen LogP contribution in [0.4, 0.5) is 0 Å². The average molecular weight is 757 g/mol. The molecule has 2 rings (SSSR count). The summed E-state index contributed by atoms with van der Waals surface area (Å²) in [6.45, 7) is 26.6. The summed E-state index contributed by atoms with van der Waals surface area (Å²) >= 11 is 0. The Morgan fingerprint density at radius 3 is 1.11 bits per heavy atom. The van der Waals surface area contributed by atoms with Gasteiger partial charge in [0.15, 0.2) is 23.0 Å². The highest BCUT2D eigenvalue weighted by atomic mass is 16.6. The second kappa shape index (κ2) is 24.4. The minimum absolute atomic E-state index is 0.166. The molecule has 0 N–H and O–H groups in total. The van der Waals surface area contributed by atoms with Crippen molar-refractivity contribution in [2.24, 2.45) is 29.6 Å². The lowest BCUT2D eigenvalue weighted by Crippen LogP contribution is -2.24. The predicted molar refractivity (Wildman–Crippen MR) is 212 cm³/mol. The van der Waals surface area contributed by atoms with Crippen LogP contribution in [0.25, 0.3) is 0 Å². The van der Waals surface area contributed by atoms with E-state index in [4.69, 9.17) is 28.4 Å². The Kier molecular flexibility index (Phi) is 21.6. The maximum absolute atomic E-state index is 12.3. The van der Waals surface area contributed by atoms with E-state index in [2.05, 4.69) is 27.7 Å². The van der Waals surface area contributed by atoms with Crippen molar-refractivity contribution in [3.63, 3.8) is 0 Å². The van der Waals surface area contributed by atoms with Gasteiger partial charge in [0, 0.05) is 25.7 Å². The molecule has 0 bridgehead atoms. The molecule has 0 aromatic heterocycles. The Morgan fingerprint density at radius 2 is 0.778 bits per heavy atom. The number of hydrogen-bond donors (Lipinski definition) is 0. The highest BCUT2D eigenvalue weighted by molar-refractivity contribution is 5.78. The Bertz CT molecular complexity index is 1450. The summed E-state index contributed by atoms with van der Waals surface area (Å²) in [5.74, 6) is 2.09. The highest BCUT2D eigenvalue weighted by Gasteiger charge is 2.23. The van der Waals surface area contributed by atoms with E-state index in [9.17, 15) is 19.2 Å². The number of carbonyl (C=O) groups is 4. The van der Waals surface area contributed by atoms with Crippen molar-refractivity contribution in [3.05, 3.63) is 36.4 Å². The maximum Gasteiger partial charge on any atom is 0.311 e. The maximum atomic E-state index is 12.3. The molecular weight excluding hydrogens is 688 g/mol. The van der Waals surface area contributed by atoms with E-state index in [1.807, 2.05) is 62.3 Å². The molecule has 0 atom stereocenters. The molecule has 10 heteroatoms. The molecular formula is C44H68O10. The third-order valence-electron chi connectivity index (χ3n) is 7.46. The van der Waals surface area contributed by atoms with Gasteiger partial charge in [-0.05, 0) is 100 Å². The summed E-state index contributed by atoms with van der Waals surface area (Å²) in [7, 11) is 0. The van der Waals surface area contributed by atoms with E-state index in [-0.39, 0.29) is 46.9 Å². The van der Waals surface area contributed by atoms with Crippen LogP contribution in [0, 0.1) is 29.6 Å². The van der Waals surface area contributed by atoms with Gasteiger partial charge < -0.3 is 28.4 Å². The first kappa shape index (κ1) is 47.9. The molecule has 0 heterocycles. The van der Waals surface area contributed by atoms with Crippen molar-refractivity contribution in [3.8, 4) is 34.5 Å². The van der Waals surface area contributed by atoms with Crippen LogP contribution in [-0.2, 0) is 19.2 Å². The van der Waals surface area contributed by atoms with Gasteiger partial charge in [0.2, 0.25) is 11.5 Å². The standard InChI is InChI=1S/2C22H34O5/c1-15(2)11-13-19(23)25-17-9-8-10-18(27-22(5,6)7)21(17)26-20(24)14-12-16(3)4;1-15(2)10-12-20(23)26-19-9-7-8-18(25-14-17(5)6)22(19)27-21(24)13-11-16(3)4/h8-10,15-16H,11-14H2,1-7H3;7-9,15-17H,10-14H2,1-6H3. The second-order valence-electron chi connectivity index (χ2n) is 16.7. The fraction of sp³-hybridized carbons (Fsp3) is 0.636. The van der Waals surface area contributed by atoms with E-state index in [1.54, 1.807) is 36.4 Å². The molecule has 0 aliphatic heterocycles. The Balaban J connectivity index is 0.000000540. The third-order valence-corrected chi connectivity index (χ3v) is 7.46. The summed E-state index contributed by atoms with van der Waals surface area (Å²) in [6, 6.07) is 10.1. The summed E-state index contributed by atoms with van der Waals surface area (Å²) < 4.78 is 33.7. The van der Waals surface area contributed by atoms with Crippen LogP contribution in [0.15, 0.2) is 36.4 Å². The largest absolute Gasteiger partial charge is 0.489 e. The van der Waals surface area contributed by atoms with Crippen LogP contribution < -0.4 is 28.4 Å². The molecule has 54 heavy (non-hydrogen) atoms. The molecule has 0 radical (unpaired) electrons. The minimum atomic E-state index is -0.487. The molecule has 2 aromatic carbocycles. The minimum Gasteiger partial charge on any atom is -0.489 e. The van der Waals surface area contributed by atoms with Crippen LogP contribution in [0.3, 0.4) is 0 Å². The van der Waals surface area contributed by atoms with E-state index < -0.39 is 5.60 Å². The molecule has 0 spiro atoms. The van der Waals surface area contributed by atoms with Crippen LogP contribution in [0.2, 0.25) is 0 Å². The van der Waals surface area contributed by atoms with Crippen LogP contribution in [-0.4, -0.2) is 36.1 Å². The molecule has 0 aliphatic rings. The van der Waals surface area contributed by atoms with Gasteiger partial charge in [0.05, 0.1) is 6.61 Å². The smallest absolute Gasteiger partial charge is 0.311 e. The zero-order chi connectivity index (χ0) is 41.0. The first-order chi connectivity index (χ1) is 25.2. The summed E-state index contributed by atoms with van der Waals surface area (Å²) in [6.07, 6.45) is 4.16. The lowest BCUT2D eigenvalue weighted by atomic mass is 10.1. The molecule has 2 aromatic rings. The zero-order valence-corrected chi connectivity index (χ0v) is 35.3. The molecule has 10 nitrogen and oxygen atoms in total. The lowest BCUT2D eigenvalue weighted by molar-refractivity contribution is -0.137. The quantitative estimate of drug-likeness (QED) is 0.0952. The van der Waals surface area contributed by atoms with Gasteiger partial charge in [0.1, 0.15) is 5.60 Å². The van der Waals surface area contributed by atoms with Crippen molar-refractivity contribution in [1.82, 2.24) is 0 Å². The van der Waals surface area contributed by atoms with Crippen molar-refractivity contribution >= 4 is 23.9 Å². The molecule has 0 unspecified atom stereocenters. The van der Waals surface area contributed by atoms with Crippen LogP contribution in [0.5, 0.6) is 34.5 Å². The van der Waals surface area contributed by atoms with E-state index in [1.165, 1.54) is 0 Å². The summed E-state index contributed by atoms with van der Waals surface area (Å²) in [5, 5.41) is 0. The number of rotatable bonds is 20. The topological polar surface area (TPSA) is 124 Å². The normalized spacial score (nSPS) is 11.4. The van der Waals surface area contributed by atoms with Crippen LogP contribution >= 0.6 is 0 Å². The average Bonchev–Trinajstić information content (AvgIpc) is 3.05. The molecule has 0 fully saturated rings. The van der Waals surface area contributed by atoms with Gasteiger partial charge in [-0.15, -0.1) is 0 Å². The van der Waals surface area contributed by atoms with E-state index in [0.29, 0.717) is 73.4 Å². The second-order valence-corrected chi connectivity index (χ2v) is 16.7. The van der Waals surface area contributed by atoms with Crippen LogP contribution in [0.1, 0.15) is 141 Å². The lowest BCUT2D eigenvalue weighted by Gasteiger charge is -2.23. The van der Waals surface area contributed by atoms with Gasteiger partial charge in [0.25, 0.3) is 0 Å². The molecule has 304 valence electrons. The van der Waals surface area contributed by atoms with Crippen molar-refractivity contribution < 1.29 is 47.6 Å². The van der Waals surface area contributed by atoms with E-state index >= 15 is 0 Å². The highest BCUT2D eigenvalue weighted by Crippen LogP contribution is 2.40. The number of esters is 4. The number of para-hydroxylation sites is 2. The molecule has 0 saturated carbocycles. The number of carbonyl (C=O) groups excluding carboxylic acids is 4. The molecule has 0 saturated heterocycles. The van der Waals surface area contributed by atoms with Gasteiger partial charge >= 0.3 is 23.9 Å². The fourth-order valence-corrected chi connectivity index (χ4v) is 4.44. The third kappa shape index (κ3) is 21.6. The first-order valence-electron chi connectivity index (χ1n) is 19.6.